The number of aryl methyl sites for hydroxylation is 5. The molecule has 0 aliphatic rings. The summed E-state index contributed by atoms with van der Waals surface area (Å²) in [4.78, 5) is 133. The van der Waals surface area contributed by atoms with Gasteiger partial charge < -0.3 is 24.3 Å². The van der Waals surface area contributed by atoms with E-state index >= 15 is 0 Å². The molecule has 26 heteroatoms. The fourth-order valence-electron chi connectivity index (χ4n) is 12.4. The molecule has 7 heterocycles. The van der Waals surface area contributed by atoms with Crippen LogP contribution in [0.25, 0.3) is 44.5 Å². The number of nitrogens with zero attached hydrogens (tertiary/aromatic N) is 11. The Bertz CT molecular complexity index is 5210. The Hall–Kier alpha value is -12.1. The minimum atomic E-state index is -0.544. The smallest absolute Gasteiger partial charge is 0.226 e. The lowest BCUT2D eigenvalue weighted by molar-refractivity contribution is -0.118. The number of methoxy groups -OCH3 is 1. The highest BCUT2D eigenvalue weighted by atomic mass is 35.5. The zero-order valence-corrected chi connectivity index (χ0v) is 72.5. The van der Waals surface area contributed by atoms with E-state index in [1.54, 1.807) is 160 Å². The van der Waals surface area contributed by atoms with Gasteiger partial charge in [-0.3, -0.25) is 58.3 Å². The van der Waals surface area contributed by atoms with Gasteiger partial charge in [0, 0.05) is 201 Å². The highest BCUT2D eigenvalue weighted by Gasteiger charge is 2.20. The van der Waals surface area contributed by atoms with Crippen molar-refractivity contribution in [3.63, 3.8) is 0 Å². The first kappa shape index (κ1) is 92.8. The summed E-state index contributed by atoms with van der Waals surface area (Å²) in [7, 11) is 8.45. The van der Waals surface area contributed by atoms with Crippen LogP contribution in [-0.4, -0.2) is 117 Å². The maximum absolute atomic E-state index is 12.9. The number of hydrogen-bond acceptors (Lipinski definition) is 16. The van der Waals surface area contributed by atoms with Gasteiger partial charge in [0.1, 0.15) is 22.2 Å². The SMILES string of the molecule is CCC(=O)N(C)c1ccc(-c2ccc(C(=O)CCc3ccc(C)nc3)nc2)c(Cl)c1.CCC(=O)N(C)c1ccc(-c2ccc(C(=O)CCc3ccc(Cl)nc3)cc2)c(Cl)c1.CCC(=O)N(C)c1ccc(-c2ccc(C(=O)CCc3ccc(F)nc3)nc2)c(Cl)c1.CCC(=O)N(C)c1ccc(-c2ccc(C(=O)CCc3cccnc3OC)nc2)c(Cl)c1. The maximum atomic E-state index is 12.9. The first-order valence-corrected chi connectivity index (χ1v) is 41.0. The monoisotopic (exact) mass is 1720 g/mol. The third-order valence-electron chi connectivity index (χ3n) is 19.8. The first-order chi connectivity index (χ1) is 58.1. The maximum Gasteiger partial charge on any atom is 0.226 e. The van der Waals surface area contributed by atoms with E-state index < -0.39 is 5.95 Å². The molecule has 0 aliphatic heterocycles. The number of amides is 4. The molecule has 12 aromatic rings. The molecule has 0 aliphatic carbocycles. The van der Waals surface area contributed by atoms with Gasteiger partial charge in [-0.25, -0.2) is 15.0 Å². The zero-order chi connectivity index (χ0) is 87.4. The van der Waals surface area contributed by atoms with Crippen LogP contribution >= 0.6 is 58.0 Å². The fourth-order valence-corrected chi connectivity index (χ4v) is 13.7. The number of aromatic nitrogens is 7. The Balaban J connectivity index is 0.000000183. The number of anilines is 4. The summed E-state index contributed by atoms with van der Waals surface area (Å²) in [6, 6.07) is 54.0. The van der Waals surface area contributed by atoms with Crippen LogP contribution < -0.4 is 24.3 Å². The number of benzene rings is 5. The minimum absolute atomic E-state index is 0.000216. The van der Waals surface area contributed by atoms with Crippen LogP contribution in [-0.2, 0) is 44.9 Å². The topological polar surface area (TPSA) is 249 Å². The van der Waals surface area contributed by atoms with E-state index in [1.807, 2.05) is 143 Å². The Morgan fingerprint density at radius 2 is 0.702 bits per heavy atom. The number of carbonyl (C=O) groups excluding carboxylic acids is 8. The summed E-state index contributed by atoms with van der Waals surface area (Å²) < 4.78 is 18.1. The molecule has 0 spiro atoms. The highest BCUT2D eigenvalue weighted by Crippen LogP contribution is 2.37. The molecule has 0 saturated heterocycles. The molecule has 12 rings (SSSR count). The number of halogens is 6. The van der Waals surface area contributed by atoms with Crippen molar-refractivity contribution in [2.24, 2.45) is 0 Å². The third-order valence-corrected chi connectivity index (χ3v) is 21.3. The number of pyridine rings is 7. The summed E-state index contributed by atoms with van der Waals surface area (Å²) in [5.41, 5.74) is 15.9. The van der Waals surface area contributed by atoms with Crippen LogP contribution in [0, 0.1) is 12.9 Å². The largest absolute Gasteiger partial charge is 0.481 e. The lowest BCUT2D eigenvalue weighted by atomic mass is 9.99. The van der Waals surface area contributed by atoms with Crippen LogP contribution in [0.1, 0.15) is 149 Å². The number of hydrogen-bond donors (Lipinski definition) is 0. The summed E-state index contributed by atoms with van der Waals surface area (Å²) in [5, 5.41) is 2.52. The van der Waals surface area contributed by atoms with Gasteiger partial charge >= 0.3 is 0 Å². The van der Waals surface area contributed by atoms with E-state index in [2.05, 4.69) is 34.9 Å². The van der Waals surface area contributed by atoms with Gasteiger partial charge in [-0.1, -0.05) is 177 Å². The standard InChI is InChI=1S/C24H22Cl2N2O2.C24H24ClN3O3.C24H24ClN3O2.C23H21ClFN3O2/c1-3-24(30)28(2)19-10-11-20(21(25)14-19)17-6-8-18(9-7-17)22(29)12-4-16-5-13-23(26)27-15-16;1-4-23(30)28(2)18-9-10-19(20(25)14-18)17-7-11-21(27-15-17)22(29)12-8-16-6-5-13-26-24(16)31-3;1-4-24(30)28(3)19-9-10-20(21(25)13-19)18-8-11-22(27-15-18)23(29)12-7-17-6-5-16(2)26-14-17;1-3-23(30)28(2)17-7-8-18(19(24)12-17)16-6-9-20(26-14-16)21(29)10-4-15-5-11-22(25)27-13-15/h5-11,13-15H,3-4,12H2,1-2H3;5-7,9-11,13-15H,4,8,12H2,1-3H3;5-6,8-11,13-15H,4,7,12H2,1-3H3;5-9,11-14H,3-4,10H2,1-2H3. The van der Waals surface area contributed by atoms with Crippen molar-refractivity contribution in [2.45, 2.75) is 112 Å². The van der Waals surface area contributed by atoms with E-state index in [4.69, 9.17) is 62.7 Å². The molecule has 0 fully saturated rings. The third kappa shape index (κ3) is 26.2. The Labute approximate surface area is 729 Å². The minimum Gasteiger partial charge on any atom is -0.481 e. The second-order valence-electron chi connectivity index (χ2n) is 27.9. The predicted octanol–water partition coefficient (Wildman–Crippen LogP) is 21.7. The number of ether oxygens (including phenoxy) is 1. The van der Waals surface area contributed by atoms with E-state index in [9.17, 15) is 42.7 Å². The normalized spacial score (nSPS) is 10.6. The summed E-state index contributed by atoms with van der Waals surface area (Å²) in [6.45, 7) is 9.20. The van der Waals surface area contributed by atoms with Crippen LogP contribution in [0.2, 0.25) is 25.2 Å². The molecule has 0 saturated carbocycles. The predicted molar refractivity (Wildman–Crippen MR) is 480 cm³/mol. The van der Waals surface area contributed by atoms with Gasteiger partial charge in [0.2, 0.25) is 35.5 Å². The number of ketones is 4. The van der Waals surface area contributed by atoms with Crippen molar-refractivity contribution in [1.82, 2.24) is 34.9 Å². The van der Waals surface area contributed by atoms with Gasteiger partial charge in [0.15, 0.2) is 23.1 Å². The fraction of sp³-hybridized carbons (Fsp3) is 0.232. The van der Waals surface area contributed by atoms with Gasteiger partial charge in [-0.05, 0) is 146 Å². The molecule has 0 atom stereocenters. The second kappa shape index (κ2) is 45.3. The van der Waals surface area contributed by atoms with Gasteiger partial charge in [-0.2, -0.15) is 4.39 Å². The molecule has 0 radical (unpaired) electrons. The Morgan fingerprint density at radius 1 is 0.355 bits per heavy atom. The molecule has 0 N–H and O–H groups in total. The quantitative estimate of drug-likeness (QED) is 0.0312. The van der Waals surface area contributed by atoms with Crippen LogP contribution in [0.3, 0.4) is 0 Å². The molecule has 0 bridgehead atoms. The zero-order valence-electron chi connectivity index (χ0n) is 68.7. The van der Waals surface area contributed by atoms with Crippen molar-refractivity contribution < 1.29 is 47.5 Å². The summed E-state index contributed by atoms with van der Waals surface area (Å²) in [5.74, 6) is -0.0648. The van der Waals surface area contributed by atoms with Crippen molar-refractivity contribution in [3.8, 4) is 50.4 Å². The van der Waals surface area contributed by atoms with E-state index in [0.717, 1.165) is 89.5 Å². The molecule has 121 heavy (non-hydrogen) atoms. The van der Waals surface area contributed by atoms with Gasteiger partial charge in [0.05, 0.1) is 27.2 Å². The average Bonchev–Trinajstić information content (AvgIpc) is 0.828. The molecule has 7 aromatic heterocycles. The molecule has 5 aromatic carbocycles. The summed E-state index contributed by atoms with van der Waals surface area (Å²) >= 11 is 31.6. The molecule has 20 nitrogen and oxygen atoms in total. The molecule has 622 valence electrons. The second-order valence-corrected chi connectivity index (χ2v) is 29.9. The van der Waals surface area contributed by atoms with Crippen molar-refractivity contribution in [1.29, 1.82) is 0 Å². The Kier molecular flexibility index (Phi) is 34.8. The van der Waals surface area contributed by atoms with Crippen LogP contribution in [0.15, 0.2) is 225 Å². The molecule has 4 amide bonds. The Morgan fingerprint density at radius 3 is 1.02 bits per heavy atom. The van der Waals surface area contributed by atoms with Crippen LogP contribution in [0.4, 0.5) is 27.1 Å². The molecular weight excluding hydrogens is 1640 g/mol. The van der Waals surface area contributed by atoms with Crippen molar-refractivity contribution in [3.05, 3.63) is 307 Å². The van der Waals surface area contributed by atoms with Gasteiger partial charge in [0.25, 0.3) is 0 Å². The molecular formula is C95H91Cl5FN11O9. The van der Waals surface area contributed by atoms with Crippen LogP contribution in [0.5, 0.6) is 5.88 Å². The van der Waals surface area contributed by atoms with E-state index in [0.29, 0.717) is 130 Å². The molecule has 0 unspecified atom stereocenters. The van der Waals surface area contributed by atoms with E-state index in [-0.39, 0.29) is 53.2 Å². The average molecular weight is 1730 g/mol. The van der Waals surface area contributed by atoms with Gasteiger partial charge in [-0.15, -0.1) is 0 Å². The summed E-state index contributed by atoms with van der Waals surface area (Å²) in [6.07, 6.45) is 16.7. The number of rotatable bonds is 29. The highest BCUT2D eigenvalue weighted by molar-refractivity contribution is 6.35. The first-order valence-electron chi connectivity index (χ1n) is 39.1. The van der Waals surface area contributed by atoms with Crippen molar-refractivity contribution in [2.75, 3.05) is 54.9 Å². The number of carbonyl (C=O) groups is 8. The lowest BCUT2D eigenvalue weighted by Crippen LogP contribution is -2.24. The number of Topliss-reactive ketones (excluding diaryl/α,β-unsaturated/α-hetero) is 4. The van der Waals surface area contributed by atoms with Crippen molar-refractivity contribution >= 4 is 128 Å². The lowest BCUT2D eigenvalue weighted by Gasteiger charge is -2.17. The van der Waals surface area contributed by atoms with E-state index in [1.165, 1.54) is 12.3 Å².